The summed E-state index contributed by atoms with van der Waals surface area (Å²) >= 11 is 6.57. The minimum atomic E-state index is -3.11. The molecule has 18 rings (SSSR count). The molecule has 0 spiro atoms. The van der Waals surface area contributed by atoms with Crippen LogP contribution in [0.1, 0.15) is 128 Å². The second kappa shape index (κ2) is 33.5. The van der Waals surface area contributed by atoms with Crippen molar-refractivity contribution in [3.05, 3.63) is 269 Å². The Balaban J connectivity index is 0.000000184. The van der Waals surface area contributed by atoms with Crippen molar-refractivity contribution >= 4 is 34.0 Å². The van der Waals surface area contributed by atoms with Crippen LogP contribution in [0.2, 0.25) is 5.02 Å². The Morgan fingerprint density at radius 3 is 1.40 bits per heavy atom. The van der Waals surface area contributed by atoms with E-state index in [1.54, 1.807) is 71.9 Å². The van der Waals surface area contributed by atoms with Crippen molar-refractivity contribution in [3.8, 4) is 80.5 Å². The molecule has 0 aromatic heterocycles. The number of ketones is 1. The average molecular weight is 1540 g/mol. The smallest absolute Gasteiger partial charge is 0.425 e. The summed E-state index contributed by atoms with van der Waals surface area (Å²) in [5.41, 5.74) is 17.6. The van der Waals surface area contributed by atoms with Gasteiger partial charge in [-0.25, -0.2) is 4.79 Å². The number of Topliss-reactive ketones (excluding diaryl/α,β-unsaturated/α-hetero) is 1. The van der Waals surface area contributed by atoms with Crippen LogP contribution in [0.4, 0.5) is 0 Å². The number of hydrogen-bond acceptors (Lipinski definition) is 19. The zero-order chi connectivity index (χ0) is 77.9. The van der Waals surface area contributed by atoms with Crippen molar-refractivity contribution in [1.29, 1.82) is 0 Å². The van der Waals surface area contributed by atoms with E-state index in [4.69, 9.17) is 71.6 Å². The molecule has 0 fully saturated rings. The highest BCUT2D eigenvalue weighted by atomic mass is 35.5. The van der Waals surface area contributed by atoms with E-state index in [9.17, 15) is 9.59 Å². The number of rotatable bonds is 10. The highest BCUT2D eigenvalue weighted by molar-refractivity contribution is 7.59. The number of fused-ring (bicyclic) bond motifs is 4. The van der Waals surface area contributed by atoms with Crippen molar-refractivity contribution in [2.75, 3.05) is 89.9 Å². The van der Waals surface area contributed by atoms with Crippen LogP contribution in [0.25, 0.3) is 0 Å². The number of ether oxygens (including phenoxy) is 10. The molecule has 0 unspecified atom stereocenters. The molecule has 12 bridgehead atoms. The van der Waals surface area contributed by atoms with Gasteiger partial charge in [-0.15, -0.1) is 12.6 Å². The molecular weight excluding hydrogens is 1440 g/mol. The van der Waals surface area contributed by atoms with Crippen LogP contribution in [0.3, 0.4) is 0 Å². The molecule has 0 saturated heterocycles. The third kappa shape index (κ3) is 16.4. The highest BCUT2D eigenvalue weighted by Crippen LogP contribution is 2.54. The quantitative estimate of drug-likeness (QED) is 0.0713. The standard InChI is InChI=1S/C52H49ClN2O7.C38H42N2O5.O3S/c1-31-23-34-19-21-54(2)42-24-32-15-17-38(18-16-32)60-47-29-36(37(28-46(47)58-4)26-44(56)39-13-9-10-14-41(39)53)25-43-49-35(20-22-55(43)3)27-48(59-5)50(51(49)61-45(31)30-40(34)42)62-52(57)33-11-7-6-8-12-33;1-23-17-26-13-15-39(2)30-18-24-7-10-28(11-8-24)44-34-20-25(9-12-32(34)41-4)19-31-36-27(14-16-40(31)3)21-35(42-5)37(43-6)38(36)45-33(23)22-29(26)30;1-4(2)3/h6-18,23,27-30,42-43H,19-22,24-26H2,1-5H3;7-12,17,20-22,30-31H,13-16,18-19H2,1-6H3;/t42-,43-;30-,31-;/m00./s1. The number of carbonyl (C=O) groups excluding carboxylic acids is 2. The average Bonchev–Trinajstić information content (AvgIpc) is 0.753. The second-order valence-electron chi connectivity index (χ2n) is 29.3. The first-order valence-electron chi connectivity index (χ1n) is 37.3. The molecule has 4 atom stereocenters. The predicted molar refractivity (Wildman–Crippen MR) is 426 cm³/mol. The van der Waals surface area contributed by atoms with Crippen molar-refractivity contribution in [2.24, 2.45) is 0 Å². The van der Waals surface area contributed by atoms with Gasteiger partial charge in [-0.1, -0.05) is 84.4 Å². The van der Waals surface area contributed by atoms with E-state index >= 15 is 0 Å². The SMILES string of the molecule is COc1cc(CC(=O)c2ccccc2Cl)c2cc1Oc1ccc(cc1)C[C@H]1c3cc(c(C)cc3CCN1C)Oc1c(OC(=O)c3ccccc3)c(OC)cc3c1[C@H](C2)N(C)CC3.COc1ccc2cc1Oc1ccc(cc1)C[C@H]1c3cc(c(C)cc3CCN1C)Oc1c(OC)c(OC)cc3c1[C@H](C2)N(C)CC3.O=S(=O)=O. The molecule has 0 amide bonds. The summed E-state index contributed by atoms with van der Waals surface area (Å²) < 4.78 is 88.8. The van der Waals surface area contributed by atoms with Crippen LogP contribution in [-0.2, 0) is 68.4 Å². The number of nitrogens with zero attached hydrogens (tertiary/aromatic N) is 4. The van der Waals surface area contributed by atoms with Crippen LogP contribution in [0.5, 0.6) is 80.5 Å². The molecule has 10 aromatic rings. The Hall–Kier alpha value is -10.7. The molecule has 10 aromatic carbocycles. The maximum absolute atomic E-state index is 14.0. The summed E-state index contributed by atoms with van der Waals surface area (Å²) in [5, 5.41) is 0.396. The highest BCUT2D eigenvalue weighted by Gasteiger charge is 2.39. The van der Waals surface area contributed by atoms with Crippen molar-refractivity contribution in [2.45, 2.75) is 95.8 Å². The molecule has 0 radical (unpaired) electrons. The summed E-state index contributed by atoms with van der Waals surface area (Å²) in [6, 6.07) is 56.0. The van der Waals surface area contributed by atoms with Gasteiger partial charge in [-0.05, 0) is 263 Å². The van der Waals surface area contributed by atoms with Gasteiger partial charge in [-0.2, -0.15) is 0 Å². The topological polar surface area (TPSA) is 191 Å². The van der Waals surface area contributed by atoms with Crippen LogP contribution in [0.15, 0.2) is 170 Å². The fourth-order valence-electron chi connectivity index (χ4n) is 16.5. The molecule has 19 nitrogen and oxygen atoms in total. The van der Waals surface area contributed by atoms with E-state index in [0.29, 0.717) is 86.5 Å². The van der Waals surface area contributed by atoms with Gasteiger partial charge in [0.2, 0.25) is 11.5 Å². The molecule has 8 aliphatic rings. The van der Waals surface area contributed by atoms with E-state index in [-0.39, 0.29) is 42.1 Å². The minimum absolute atomic E-state index is 0.0415. The molecule has 574 valence electrons. The lowest BCUT2D eigenvalue weighted by Gasteiger charge is -2.38. The van der Waals surface area contributed by atoms with Crippen molar-refractivity contribution in [1.82, 2.24) is 19.6 Å². The first kappa shape index (κ1) is 77.0. The summed E-state index contributed by atoms with van der Waals surface area (Å²) in [5.74, 6) is 7.82. The van der Waals surface area contributed by atoms with Gasteiger partial charge >= 0.3 is 16.6 Å². The Morgan fingerprint density at radius 2 is 0.883 bits per heavy atom. The van der Waals surface area contributed by atoms with Gasteiger partial charge in [0.15, 0.2) is 51.8 Å². The van der Waals surface area contributed by atoms with Crippen LogP contribution < -0.4 is 47.4 Å². The van der Waals surface area contributed by atoms with E-state index in [1.807, 2.05) is 54.6 Å². The number of likely N-dealkylation sites (N-methyl/N-ethyl adjacent to an activating group) is 4. The summed E-state index contributed by atoms with van der Waals surface area (Å²) in [7, 11) is 13.8. The lowest BCUT2D eigenvalue weighted by atomic mass is 9.85. The first-order valence-corrected chi connectivity index (χ1v) is 38.7. The predicted octanol–water partition coefficient (Wildman–Crippen LogP) is 17.2. The number of carbonyl (C=O) groups is 2. The molecule has 8 aliphatic heterocycles. The number of methoxy groups -OCH3 is 5. The van der Waals surface area contributed by atoms with Gasteiger partial charge in [-0.3, -0.25) is 24.4 Å². The Bertz CT molecular complexity index is 5290. The normalized spacial score (nSPS) is 17.7. The molecule has 0 saturated carbocycles. The number of benzene rings is 10. The summed E-state index contributed by atoms with van der Waals surface area (Å²) in [6.07, 6.45) is 6.45. The first-order chi connectivity index (χ1) is 53.7. The molecule has 21 heteroatoms. The maximum Gasteiger partial charge on any atom is 0.425 e. The van der Waals surface area contributed by atoms with Crippen molar-refractivity contribution < 1.29 is 69.6 Å². The molecule has 0 N–H and O–H groups in total. The van der Waals surface area contributed by atoms with Gasteiger partial charge < -0.3 is 47.4 Å². The molecule has 8 heterocycles. The molecule has 111 heavy (non-hydrogen) atoms. The van der Waals surface area contributed by atoms with E-state index in [2.05, 4.69) is 141 Å². The van der Waals surface area contributed by atoms with Crippen LogP contribution in [-0.4, -0.2) is 134 Å². The monoisotopic (exact) mass is 1530 g/mol. The Morgan fingerprint density at radius 1 is 0.432 bits per heavy atom. The van der Waals surface area contributed by atoms with Gasteiger partial charge in [0.05, 0.1) is 46.1 Å². The van der Waals surface area contributed by atoms with Crippen molar-refractivity contribution in [3.63, 3.8) is 0 Å². The summed E-state index contributed by atoms with van der Waals surface area (Å²) in [6.45, 7) is 7.81. The zero-order valence-corrected chi connectivity index (χ0v) is 65.9. The minimum Gasteiger partial charge on any atom is -0.493 e. The third-order valence-corrected chi connectivity index (χ3v) is 22.8. The fraction of sp³-hybridized carbons (Fsp3) is 0.311. The van der Waals surface area contributed by atoms with Gasteiger partial charge in [0.1, 0.15) is 23.0 Å². The lowest BCUT2D eigenvalue weighted by molar-refractivity contribution is 0.0723. The molecule has 0 aliphatic carbocycles. The van der Waals surface area contributed by atoms with E-state index in [1.165, 1.54) is 33.4 Å². The van der Waals surface area contributed by atoms with Crippen LogP contribution >= 0.6 is 11.6 Å². The second-order valence-corrected chi connectivity index (χ2v) is 30.1. The zero-order valence-electron chi connectivity index (χ0n) is 64.4. The third-order valence-electron chi connectivity index (χ3n) is 22.5. The van der Waals surface area contributed by atoms with Gasteiger partial charge in [0, 0.05) is 73.5 Å². The maximum atomic E-state index is 14.0. The number of aryl methyl sites for hydroxylation is 2. The van der Waals surface area contributed by atoms with E-state index in [0.717, 1.165) is 132 Å². The lowest BCUT2D eigenvalue weighted by Crippen LogP contribution is -2.34. The van der Waals surface area contributed by atoms with E-state index < -0.39 is 16.6 Å². The Kier molecular flexibility index (Phi) is 23.2. The fourth-order valence-corrected chi connectivity index (χ4v) is 16.7. The number of halogens is 1. The van der Waals surface area contributed by atoms with Crippen LogP contribution in [0, 0.1) is 13.8 Å². The molecular formula is C90H91ClN4O15S. The number of esters is 1. The largest absolute Gasteiger partial charge is 0.493 e. The Labute approximate surface area is 655 Å². The van der Waals surface area contributed by atoms with Gasteiger partial charge in [0.25, 0.3) is 0 Å². The number of hydrogen-bond donors (Lipinski definition) is 0. The summed E-state index contributed by atoms with van der Waals surface area (Å²) in [4.78, 5) is 37.6.